The predicted octanol–water partition coefficient (Wildman–Crippen LogP) is 3.87. The van der Waals surface area contributed by atoms with E-state index in [9.17, 15) is 14.7 Å². The molecule has 1 aliphatic heterocycles. The number of carbonyl (C=O) groups excluding carboxylic acids is 1. The van der Waals surface area contributed by atoms with Gasteiger partial charge in [0.25, 0.3) is 5.91 Å². The molecule has 24 heavy (non-hydrogen) atoms. The highest BCUT2D eigenvalue weighted by Gasteiger charge is 2.37. The molecule has 2 fully saturated rings. The van der Waals surface area contributed by atoms with Crippen LogP contribution in [0.15, 0.2) is 24.3 Å². The zero-order valence-electron chi connectivity index (χ0n) is 13.7. The van der Waals surface area contributed by atoms with Gasteiger partial charge in [0, 0.05) is 19.1 Å². The van der Waals surface area contributed by atoms with Crippen molar-refractivity contribution in [2.45, 2.75) is 50.6 Å². The zero-order chi connectivity index (χ0) is 17.1. The summed E-state index contributed by atoms with van der Waals surface area (Å²) in [7, 11) is 0. The number of hydrogen-bond donors (Lipinski definition) is 1. The maximum atomic E-state index is 13.2. The molecular formula is C18H23ClN2O3. The molecule has 1 aromatic rings. The van der Waals surface area contributed by atoms with Gasteiger partial charge in [0.05, 0.1) is 16.6 Å². The zero-order valence-corrected chi connectivity index (χ0v) is 14.4. The highest BCUT2D eigenvalue weighted by molar-refractivity contribution is 6.33. The second-order valence-corrected chi connectivity index (χ2v) is 7.06. The fourth-order valence-electron chi connectivity index (χ4n) is 3.91. The fraction of sp³-hybridized carbons (Fsp3) is 0.556. The molecule has 1 saturated heterocycles. The van der Waals surface area contributed by atoms with Crippen molar-refractivity contribution in [3.05, 3.63) is 34.9 Å². The largest absolute Gasteiger partial charge is 0.465 e. The van der Waals surface area contributed by atoms with E-state index in [1.54, 1.807) is 12.1 Å². The van der Waals surface area contributed by atoms with Crippen LogP contribution in [0.4, 0.5) is 4.79 Å². The first-order valence-corrected chi connectivity index (χ1v) is 9.01. The molecule has 0 unspecified atom stereocenters. The lowest BCUT2D eigenvalue weighted by atomic mass is 9.92. The summed E-state index contributed by atoms with van der Waals surface area (Å²) in [5, 5.41) is 9.68. The molecule has 2 amide bonds. The number of carboxylic acid groups (broad SMARTS) is 1. The van der Waals surface area contributed by atoms with Crippen LogP contribution in [-0.4, -0.2) is 52.1 Å². The summed E-state index contributed by atoms with van der Waals surface area (Å²) in [4.78, 5) is 27.8. The molecule has 6 heteroatoms. The minimum absolute atomic E-state index is 0.0621. The third-order valence-electron chi connectivity index (χ3n) is 5.13. The molecule has 3 rings (SSSR count). The van der Waals surface area contributed by atoms with Gasteiger partial charge in [-0.3, -0.25) is 4.79 Å². The van der Waals surface area contributed by atoms with Crippen molar-refractivity contribution in [3.63, 3.8) is 0 Å². The van der Waals surface area contributed by atoms with Crippen molar-refractivity contribution in [2.24, 2.45) is 0 Å². The highest BCUT2D eigenvalue weighted by Crippen LogP contribution is 2.30. The number of halogens is 1. The monoisotopic (exact) mass is 350 g/mol. The average molecular weight is 351 g/mol. The highest BCUT2D eigenvalue weighted by atomic mass is 35.5. The summed E-state index contributed by atoms with van der Waals surface area (Å²) in [6, 6.07) is 7.23. The van der Waals surface area contributed by atoms with Crippen molar-refractivity contribution in [2.75, 3.05) is 13.1 Å². The normalized spacial score (nSPS) is 21.7. The second kappa shape index (κ2) is 7.43. The Morgan fingerprint density at radius 2 is 1.79 bits per heavy atom. The minimum atomic E-state index is -0.911. The molecule has 0 aromatic heterocycles. The van der Waals surface area contributed by atoms with Crippen LogP contribution in [0.3, 0.4) is 0 Å². The molecule has 1 N–H and O–H groups in total. The maximum absolute atomic E-state index is 13.2. The molecule has 1 aliphatic carbocycles. The van der Waals surface area contributed by atoms with Crippen LogP contribution >= 0.6 is 11.6 Å². The van der Waals surface area contributed by atoms with Crippen LogP contribution < -0.4 is 0 Å². The standard InChI is InChI=1S/C18H23ClN2O3/c19-16-9-5-4-8-15(16)17(22)21(13-6-2-1-3-7-13)14-10-11-20(12-14)18(23)24/h4-5,8-9,13-14H,1-3,6-7,10-12H2,(H,23,24)/t14-/m0/s1. The van der Waals surface area contributed by atoms with Crippen LogP contribution in [0.25, 0.3) is 0 Å². The Hall–Kier alpha value is -1.75. The Labute approximate surface area is 147 Å². The van der Waals surface area contributed by atoms with Crippen LogP contribution in [0.1, 0.15) is 48.9 Å². The van der Waals surface area contributed by atoms with Crippen LogP contribution in [0, 0.1) is 0 Å². The van der Waals surface area contributed by atoms with E-state index in [4.69, 9.17) is 11.6 Å². The number of carbonyl (C=O) groups is 2. The van der Waals surface area contributed by atoms with Gasteiger partial charge >= 0.3 is 6.09 Å². The van der Waals surface area contributed by atoms with Crippen molar-refractivity contribution in [1.29, 1.82) is 0 Å². The second-order valence-electron chi connectivity index (χ2n) is 6.66. The topological polar surface area (TPSA) is 60.9 Å². The average Bonchev–Trinajstić information content (AvgIpc) is 3.06. The van der Waals surface area contributed by atoms with Gasteiger partial charge in [0.1, 0.15) is 0 Å². The molecule has 1 aromatic carbocycles. The Morgan fingerprint density at radius 1 is 1.08 bits per heavy atom. The molecule has 0 radical (unpaired) electrons. The van der Waals surface area contributed by atoms with E-state index in [2.05, 4.69) is 0 Å². The van der Waals surface area contributed by atoms with Crippen molar-refractivity contribution in [3.8, 4) is 0 Å². The van der Waals surface area contributed by atoms with Gasteiger partial charge in [-0.15, -0.1) is 0 Å². The van der Waals surface area contributed by atoms with Crippen LogP contribution in [0.2, 0.25) is 5.02 Å². The summed E-state index contributed by atoms with van der Waals surface area (Å²) < 4.78 is 0. The van der Waals surface area contributed by atoms with Crippen LogP contribution in [-0.2, 0) is 0 Å². The van der Waals surface area contributed by atoms with Gasteiger partial charge in [-0.1, -0.05) is 43.0 Å². The molecule has 1 atom stereocenters. The van der Waals surface area contributed by atoms with E-state index in [1.165, 1.54) is 11.3 Å². The molecule has 2 aliphatic rings. The van der Waals surface area contributed by atoms with Gasteiger partial charge in [0.15, 0.2) is 0 Å². The summed E-state index contributed by atoms with van der Waals surface area (Å²) in [5.74, 6) is -0.0651. The molecular weight excluding hydrogens is 328 g/mol. The quantitative estimate of drug-likeness (QED) is 0.900. The van der Waals surface area contributed by atoms with Gasteiger partial charge in [-0.25, -0.2) is 4.79 Å². The molecule has 0 bridgehead atoms. The summed E-state index contributed by atoms with van der Waals surface area (Å²) in [5.41, 5.74) is 0.513. The van der Waals surface area contributed by atoms with Gasteiger partial charge in [0.2, 0.25) is 0 Å². The van der Waals surface area contributed by atoms with Crippen molar-refractivity contribution in [1.82, 2.24) is 9.80 Å². The Kier molecular flexibility index (Phi) is 5.29. The Balaban J connectivity index is 1.86. The van der Waals surface area contributed by atoms with E-state index in [-0.39, 0.29) is 18.0 Å². The van der Waals surface area contributed by atoms with Gasteiger partial charge in [-0.2, -0.15) is 0 Å². The van der Waals surface area contributed by atoms with Gasteiger partial charge < -0.3 is 14.9 Å². The summed E-state index contributed by atoms with van der Waals surface area (Å²) in [6.45, 7) is 0.876. The first kappa shape index (κ1) is 17.1. The van der Waals surface area contributed by atoms with Gasteiger partial charge in [-0.05, 0) is 31.4 Å². The van der Waals surface area contributed by atoms with E-state index in [1.807, 2.05) is 17.0 Å². The van der Waals surface area contributed by atoms with Crippen LogP contribution in [0.5, 0.6) is 0 Å². The number of benzene rings is 1. The first-order chi connectivity index (χ1) is 11.6. The van der Waals surface area contributed by atoms with Crippen molar-refractivity contribution >= 4 is 23.6 Å². The summed E-state index contributed by atoms with van der Waals surface area (Å²) >= 11 is 6.24. The SMILES string of the molecule is O=C(O)N1CC[C@H](N(C(=O)c2ccccc2Cl)C2CCCCC2)C1. The number of rotatable bonds is 3. The molecule has 0 spiro atoms. The lowest BCUT2D eigenvalue weighted by Crippen LogP contribution is -2.49. The third-order valence-corrected chi connectivity index (χ3v) is 5.46. The van der Waals surface area contributed by atoms with E-state index < -0.39 is 6.09 Å². The summed E-state index contributed by atoms with van der Waals surface area (Å²) in [6.07, 6.45) is 5.19. The maximum Gasteiger partial charge on any atom is 0.407 e. The molecule has 1 saturated carbocycles. The lowest BCUT2D eigenvalue weighted by molar-refractivity contribution is 0.0518. The van der Waals surface area contributed by atoms with E-state index in [0.717, 1.165) is 25.7 Å². The predicted molar refractivity (Wildman–Crippen MR) is 92.5 cm³/mol. The Morgan fingerprint density at radius 3 is 2.42 bits per heavy atom. The molecule has 5 nitrogen and oxygen atoms in total. The molecule has 1 heterocycles. The Bertz CT molecular complexity index is 616. The number of nitrogens with zero attached hydrogens (tertiary/aromatic N) is 2. The van der Waals surface area contributed by atoms with E-state index in [0.29, 0.717) is 30.1 Å². The minimum Gasteiger partial charge on any atom is -0.465 e. The third kappa shape index (κ3) is 3.51. The van der Waals surface area contributed by atoms with E-state index >= 15 is 0 Å². The smallest absolute Gasteiger partial charge is 0.407 e. The van der Waals surface area contributed by atoms with Crippen molar-refractivity contribution < 1.29 is 14.7 Å². The first-order valence-electron chi connectivity index (χ1n) is 8.63. The lowest BCUT2D eigenvalue weighted by Gasteiger charge is -2.38. The molecule has 130 valence electrons. The fourth-order valence-corrected chi connectivity index (χ4v) is 4.12. The number of likely N-dealkylation sites (tertiary alicyclic amines) is 1. The number of amides is 2. The number of hydrogen-bond acceptors (Lipinski definition) is 2.